The average Bonchev–Trinajstić information content (AvgIpc) is 3.52. The Balaban J connectivity index is 0.000000483. The van der Waals surface area contributed by atoms with Gasteiger partial charge in [-0.3, -0.25) is 14.6 Å². The molecule has 248 valence electrons. The van der Waals surface area contributed by atoms with Crippen molar-refractivity contribution >= 4 is 45.3 Å². The predicted octanol–water partition coefficient (Wildman–Crippen LogP) is 4.65. The molecule has 6 rings (SSSR count). The summed E-state index contributed by atoms with van der Waals surface area (Å²) in [5, 5.41) is 4.85. The second-order valence-corrected chi connectivity index (χ2v) is 12.4. The van der Waals surface area contributed by atoms with Crippen molar-refractivity contribution in [3.05, 3.63) is 70.3 Å². The number of benzene rings is 3. The van der Waals surface area contributed by atoms with Crippen molar-refractivity contribution in [3.63, 3.8) is 0 Å². The molecule has 47 heavy (non-hydrogen) atoms. The van der Waals surface area contributed by atoms with Crippen LogP contribution in [0.15, 0.2) is 58.4 Å². The van der Waals surface area contributed by atoms with Crippen LogP contribution in [0, 0.1) is 5.82 Å². The van der Waals surface area contributed by atoms with Crippen LogP contribution in [0.1, 0.15) is 56.8 Å². The van der Waals surface area contributed by atoms with E-state index in [0.29, 0.717) is 67.4 Å². The number of hydrogen-bond donors (Lipinski definition) is 4. The Kier molecular flexibility index (Phi) is 9.54. The smallest absolute Gasteiger partial charge is 0.405 e. The number of nitrogens with two attached hydrogens (primary N) is 3. The number of unbranched alkanes of at least 4 members (excludes halogenated alkanes) is 1. The maximum atomic E-state index is 15.7. The summed E-state index contributed by atoms with van der Waals surface area (Å²) >= 11 is 0. The molecule has 4 aromatic rings. The third-order valence-electron chi connectivity index (χ3n) is 7.71. The number of fused-ring (bicyclic) bond motifs is 3. The number of nitrogens with one attached hydrogen (secondary N) is 1. The number of primary amides is 1. The summed E-state index contributed by atoms with van der Waals surface area (Å²) < 4.78 is 28.5. The number of aromatic nitrogens is 1. The van der Waals surface area contributed by atoms with Gasteiger partial charge in [0, 0.05) is 32.4 Å². The molecule has 0 saturated carbocycles. The fourth-order valence-electron chi connectivity index (χ4n) is 5.73. The highest BCUT2D eigenvalue weighted by molar-refractivity contribution is 6.02. The van der Waals surface area contributed by atoms with Crippen LogP contribution < -0.4 is 37.6 Å². The SMILES string of the molecule is CC(C)(C)OC(N)=O.NC(N)=NCCCCNC(=O)c1cn2c3c(c(N4CCCC4)c(F)cc3c1=O)Oc1cc3ccccc3cc1-2. The molecule has 7 N–H and O–H groups in total. The molecule has 0 radical (unpaired) electrons. The topological polar surface area (TPSA) is 180 Å². The Morgan fingerprint density at radius 1 is 1.04 bits per heavy atom. The average molecular weight is 646 g/mol. The Hall–Kier alpha value is -5.33. The molecule has 0 aliphatic carbocycles. The minimum Gasteiger partial charge on any atom is -0.451 e. The number of halogens is 1. The van der Waals surface area contributed by atoms with Gasteiger partial charge in [0.1, 0.15) is 22.4 Å². The molecule has 1 saturated heterocycles. The third-order valence-corrected chi connectivity index (χ3v) is 7.71. The van der Waals surface area contributed by atoms with E-state index in [4.69, 9.17) is 21.9 Å². The Morgan fingerprint density at radius 2 is 1.72 bits per heavy atom. The molecule has 0 atom stereocenters. The molecule has 13 heteroatoms. The number of hydrogen-bond acceptors (Lipinski definition) is 7. The standard InChI is InChI=1S/C29H29FN6O3.C5H11NO2/c30-21-15-19-24-27(25(21)35-11-5-6-12-35)39-23-14-18-8-2-1-7-17(18)13-22(23)36(24)16-20(26(19)37)28(38)33-9-3-4-10-34-29(31)32;1-5(2,3)8-4(6)7/h1-2,7-8,13-16H,3-6,9-12H2,(H,33,38)(H4,31,32,34);1-3H3,(H2,6,7). The van der Waals surface area contributed by atoms with Crippen LogP contribution >= 0.6 is 0 Å². The van der Waals surface area contributed by atoms with Crippen molar-refractivity contribution in [2.75, 3.05) is 31.1 Å². The van der Waals surface area contributed by atoms with Gasteiger partial charge in [0.05, 0.1) is 11.1 Å². The van der Waals surface area contributed by atoms with Crippen LogP contribution in [0.3, 0.4) is 0 Å². The lowest BCUT2D eigenvalue weighted by atomic mass is 10.0. The van der Waals surface area contributed by atoms with Gasteiger partial charge >= 0.3 is 6.09 Å². The van der Waals surface area contributed by atoms with Gasteiger partial charge in [0.15, 0.2) is 23.3 Å². The van der Waals surface area contributed by atoms with E-state index < -0.39 is 28.8 Å². The van der Waals surface area contributed by atoms with Gasteiger partial charge in [0.2, 0.25) is 5.43 Å². The van der Waals surface area contributed by atoms with E-state index in [1.165, 1.54) is 6.07 Å². The fraction of sp³-hybridized carbons (Fsp3) is 0.353. The highest BCUT2D eigenvalue weighted by atomic mass is 19.1. The molecule has 0 spiro atoms. The maximum absolute atomic E-state index is 15.7. The number of anilines is 1. The lowest BCUT2D eigenvalue weighted by Crippen LogP contribution is -2.31. The van der Waals surface area contributed by atoms with Crippen molar-refractivity contribution in [2.24, 2.45) is 22.2 Å². The number of amides is 2. The number of carbonyl (C=O) groups is 2. The van der Waals surface area contributed by atoms with E-state index in [1.807, 2.05) is 41.3 Å². The molecule has 0 unspecified atom stereocenters. The summed E-state index contributed by atoms with van der Waals surface area (Å²) in [6.45, 7) is 7.49. The summed E-state index contributed by atoms with van der Waals surface area (Å²) in [5.74, 6) is -0.202. The highest BCUT2D eigenvalue weighted by Gasteiger charge is 2.31. The van der Waals surface area contributed by atoms with E-state index in [2.05, 4.69) is 15.0 Å². The van der Waals surface area contributed by atoms with Crippen LogP contribution in [-0.2, 0) is 4.74 Å². The van der Waals surface area contributed by atoms with Gasteiger partial charge in [-0.1, -0.05) is 24.3 Å². The molecule has 2 aliphatic rings. The Morgan fingerprint density at radius 3 is 2.34 bits per heavy atom. The second-order valence-electron chi connectivity index (χ2n) is 12.4. The highest BCUT2D eigenvalue weighted by Crippen LogP contribution is 2.48. The number of aliphatic imine (C=N–C) groups is 1. The Labute approximate surface area is 271 Å². The van der Waals surface area contributed by atoms with E-state index >= 15 is 4.39 Å². The van der Waals surface area contributed by atoms with Crippen molar-refractivity contribution in [1.29, 1.82) is 0 Å². The molecule has 12 nitrogen and oxygen atoms in total. The molecule has 1 fully saturated rings. The third kappa shape index (κ3) is 7.40. The lowest BCUT2D eigenvalue weighted by Gasteiger charge is -2.29. The first-order chi connectivity index (χ1) is 22.3. The monoisotopic (exact) mass is 645 g/mol. The summed E-state index contributed by atoms with van der Waals surface area (Å²) in [4.78, 5) is 42.7. The second kappa shape index (κ2) is 13.6. The molecule has 0 bridgehead atoms. The number of guanidine groups is 1. The van der Waals surface area contributed by atoms with Crippen molar-refractivity contribution in [3.8, 4) is 17.2 Å². The molecule has 2 aliphatic heterocycles. The normalized spacial score (nSPS) is 13.3. The first-order valence-corrected chi connectivity index (χ1v) is 15.5. The fourth-order valence-corrected chi connectivity index (χ4v) is 5.73. The number of rotatable bonds is 7. The Bertz CT molecular complexity index is 1920. The van der Waals surface area contributed by atoms with Crippen molar-refractivity contribution in [2.45, 2.75) is 52.1 Å². The van der Waals surface area contributed by atoms with Crippen LogP contribution in [0.25, 0.3) is 27.4 Å². The van der Waals surface area contributed by atoms with E-state index in [-0.39, 0.29) is 16.9 Å². The first-order valence-electron chi connectivity index (χ1n) is 15.5. The van der Waals surface area contributed by atoms with Gasteiger partial charge in [-0.15, -0.1) is 0 Å². The first kappa shape index (κ1) is 33.0. The summed E-state index contributed by atoms with van der Waals surface area (Å²) in [6.07, 6.45) is 4.03. The molecule has 3 heterocycles. The van der Waals surface area contributed by atoms with Crippen LogP contribution in [0.4, 0.5) is 14.9 Å². The summed E-state index contributed by atoms with van der Waals surface area (Å²) in [5.41, 5.74) is 15.8. The van der Waals surface area contributed by atoms with E-state index in [0.717, 1.165) is 23.6 Å². The lowest BCUT2D eigenvalue weighted by molar-refractivity contribution is 0.0599. The summed E-state index contributed by atoms with van der Waals surface area (Å²) in [6, 6.07) is 13.0. The minimum absolute atomic E-state index is 0.0220. The van der Waals surface area contributed by atoms with Gasteiger partial charge in [-0.2, -0.15) is 0 Å². The van der Waals surface area contributed by atoms with Gasteiger partial charge < -0.3 is 41.5 Å². The van der Waals surface area contributed by atoms with Gasteiger partial charge in [-0.25, -0.2) is 9.18 Å². The van der Waals surface area contributed by atoms with Crippen LogP contribution in [0.5, 0.6) is 11.5 Å². The van der Waals surface area contributed by atoms with E-state index in [9.17, 15) is 14.4 Å². The number of carbonyl (C=O) groups excluding carboxylic acids is 2. The zero-order valence-electron chi connectivity index (χ0n) is 26.8. The van der Waals surface area contributed by atoms with Crippen molar-refractivity contribution in [1.82, 2.24) is 9.88 Å². The molecular formula is C34H40FN7O5. The molecule has 3 aromatic carbocycles. The molecule has 2 amide bonds. The van der Waals surface area contributed by atoms with Gasteiger partial charge in [-0.05, 0) is 75.4 Å². The molecule has 1 aromatic heterocycles. The number of nitrogens with zero attached hydrogens (tertiary/aromatic N) is 3. The van der Waals surface area contributed by atoms with Gasteiger partial charge in [0.25, 0.3) is 5.91 Å². The molecular weight excluding hydrogens is 605 g/mol. The number of pyridine rings is 1. The quantitative estimate of drug-likeness (QED) is 0.112. The van der Waals surface area contributed by atoms with Crippen molar-refractivity contribution < 1.29 is 23.5 Å². The minimum atomic E-state index is -0.725. The largest absolute Gasteiger partial charge is 0.451 e. The summed E-state index contributed by atoms with van der Waals surface area (Å²) in [7, 11) is 0. The predicted molar refractivity (Wildman–Crippen MR) is 181 cm³/mol. The van der Waals surface area contributed by atoms with Crippen LogP contribution in [-0.4, -0.2) is 54.3 Å². The van der Waals surface area contributed by atoms with E-state index in [1.54, 1.807) is 31.5 Å². The van der Waals surface area contributed by atoms with Crippen LogP contribution in [0.2, 0.25) is 0 Å². The zero-order valence-corrected chi connectivity index (χ0v) is 26.8. The zero-order chi connectivity index (χ0) is 33.9. The maximum Gasteiger partial charge on any atom is 0.405 e. The number of ether oxygens (including phenoxy) is 2.